The number of benzene rings is 2. The van der Waals surface area contributed by atoms with Crippen LogP contribution in [0.25, 0.3) is 0 Å². The predicted octanol–water partition coefficient (Wildman–Crippen LogP) is 4.56. The number of anilines is 2. The fourth-order valence-corrected chi connectivity index (χ4v) is 2.95. The Balaban J connectivity index is 1.94. The second-order valence-corrected chi connectivity index (χ2v) is 6.90. The highest BCUT2D eigenvalue weighted by Gasteiger charge is 2.16. The number of halogens is 4. The predicted molar refractivity (Wildman–Crippen MR) is 107 cm³/mol. The number of amides is 2. The summed E-state index contributed by atoms with van der Waals surface area (Å²) >= 11 is 11.9. The molecule has 0 aliphatic rings. The molecule has 2 N–H and O–H groups in total. The third-order valence-electron chi connectivity index (χ3n) is 3.68. The Morgan fingerprint density at radius 1 is 0.964 bits per heavy atom. The number of hydrogen-bond donors (Lipinski definition) is 2. The molecule has 0 aliphatic carbocycles. The largest absolute Gasteiger partial charge is 0.325 e. The number of hydrogen-bond acceptors (Lipinski definition) is 3. The van der Waals surface area contributed by atoms with Gasteiger partial charge in [0.25, 0.3) is 0 Å². The summed E-state index contributed by atoms with van der Waals surface area (Å²) in [6, 6.07) is 7.78. The first-order chi connectivity index (χ1) is 13.3. The van der Waals surface area contributed by atoms with Gasteiger partial charge >= 0.3 is 0 Å². The Hall–Kier alpha value is -2.22. The Morgan fingerprint density at radius 3 is 2.25 bits per heavy atom. The van der Waals surface area contributed by atoms with Crippen LogP contribution >= 0.6 is 23.2 Å². The molecule has 0 aromatic heterocycles. The highest BCUT2D eigenvalue weighted by atomic mass is 35.5. The maximum absolute atomic E-state index is 13.2. The van der Waals surface area contributed by atoms with Crippen LogP contribution in [0.15, 0.2) is 36.4 Å². The molecule has 28 heavy (non-hydrogen) atoms. The van der Waals surface area contributed by atoms with Gasteiger partial charge in [-0.15, -0.1) is 0 Å². The van der Waals surface area contributed by atoms with Gasteiger partial charge in [-0.2, -0.15) is 0 Å². The van der Waals surface area contributed by atoms with Crippen molar-refractivity contribution in [2.75, 3.05) is 30.3 Å². The molecule has 0 atom stereocenters. The molecule has 2 rings (SSSR count). The fraction of sp³-hybridized carbons (Fsp3) is 0.263. The van der Waals surface area contributed by atoms with Gasteiger partial charge < -0.3 is 10.6 Å². The number of carbonyl (C=O) groups excluding carboxylic acids is 2. The third-order valence-corrected chi connectivity index (χ3v) is 4.23. The van der Waals surface area contributed by atoms with Gasteiger partial charge in [-0.05, 0) is 43.3 Å². The van der Waals surface area contributed by atoms with E-state index in [2.05, 4.69) is 10.6 Å². The molecule has 0 fully saturated rings. The van der Waals surface area contributed by atoms with E-state index in [0.717, 1.165) is 12.1 Å². The molecule has 0 saturated heterocycles. The van der Waals surface area contributed by atoms with Crippen molar-refractivity contribution < 1.29 is 18.4 Å². The first-order valence-electron chi connectivity index (χ1n) is 8.50. The Kier molecular flexibility index (Phi) is 8.17. The topological polar surface area (TPSA) is 61.4 Å². The molecule has 150 valence electrons. The Bertz CT molecular complexity index is 865. The molecule has 0 spiro atoms. The van der Waals surface area contributed by atoms with Crippen LogP contribution in [0.4, 0.5) is 20.2 Å². The lowest BCUT2D eigenvalue weighted by Crippen LogP contribution is -2.39. The van der Waals surface area contributed by atoms with Gasteiger partial charge in [-0.1, -0.05) is 30.1 Å². The van der Waals surface area contributed by atoms with E-state index < -0.39 is 17.5 Å². The fourth-order valence-electron chi connectivity index (χ4n) is 2.49. The van der Waals surface area contributed by atoms with E-state index >= 15 is 0 Å². The minimum absolute atomic E-state index is 0.0437. The van der Waals surface area contributed by atoms with Crippen molar-refractivity contribution >= 4 is 46.4 Å². The van der Waals surface area contributed by atoms with Crippen LogP contribution in [0.5, 0.6) is 0 Å². The molecule has 5 nitrogen and oxygen atoms in total. The van der Waals surface area contributed by atoms with E-state index in [4.69, 9.17) is 23.2 Å². The molecule has 2 aromatic carbocycles. The van der Waals surface area contributed by atoms with Gasteiger partial charge in [0.2, 0.25) is 11.8 Å². The summed E-state index contributed by atoms with van der Waals surface area (Å²) in [6.45, 7) is 2.27. The standard InChI is InChI=1S/C19H19Cl2F2N3O2/c1-2-7-26(10-18(27)24-13-4-5-15(22)16(23)9-13)11-19(28)25-17-6-3-12(20)8-14(17)21/h3-6,8-9H,2,7,10-11H2,1H3,(H,24,27)(H,25,28). The highest BCUT2D eigenvalue weighted by molar-refractivity contribution is 6.36. The monoisotopic (exact) mass is 429 g/mol. The van der Waals surface area contributed by atoms with Crippen LogP contribution in [0, 0.1) is 11.6 Å². The summed E-state index contributed by atoms with van der Waals surface area (Å²) in [5, 5.41) is 5.90. The van der Waals surface area contributed by atoms with E-state index in [0.29, 0.717) is 28.7 Å². The molecule has 9 heteroatoms. The van der Waals surface area contributed by atoms with Crippen LogP contribution in [-0.2, 0) is 9.59 Å². The highest BCUT2D eigenvalue weighted by Crippen LogP contribution is 2.25. The van der Waals surface area contributed by atoms with Crippen molar-refractivity contribution in [1.29, 1.82) is 0 Å². The van der Waals surface area contributed by atoms with E-state index in [1.54, 1.807) is 17.0 Å². The van der Waals surface area contributed by atoms with E-state index in [-0.39, 0.29) is 24.7 Å². The third kappa shape index (κ3) is 6.74. The summed E-state index contributed by atoms with van der Waals surface area (Å²) in [7, 11) is 0. The lowest BCUT2D eigenvalue weighted by atomic mass is 10.3. The van der Waals surface area contributed by atoms with Crippen LogP contribution in [0.1, 0.15) is 13.3 Å². The van der Waals surface area contributed by atoms with Gasteiger partial charge in [0, 0.05) is 16.8 Å². The van der Waals surface area contributed by atoms with Gasteiger partial charge in [-0.3, -0.25) is 14.5 Å². The lowest BCUT2D eigenvalue weighted by Gasteiger charge is -2.21. The average molecular weight is 430 g/mol. The summed E-state index contributed by atoms with van der Waals surface area (Å²) in [6.07, 6.45) is 0.716. The summed E-state index contributed by atoms with van der Waals surface area (Å²) < 4.78 is 26.2. The van der Waals surface area contributed by atoms with Crippen molar-refractivity contribution in [3.05, 3.63) is 58.1 Å². The Morgan fingerprint density at radius 2 is 1.64 bits per heavy atom. The summed E-state index contributed by atoms with van der Waals surface area (Å²) in [5.41, 5.74) is 0.552. The minimum atomic E-state index is -1.05. The van der Waals surface area contributed by atoms with Crippen molar-refractivity contribution in [2.24, 2.45) is 0 Å². The number of carbonyl (C=O) groups is 2. The van der Waals surface area contributed by atoms with Gasteiger partial charge in [-0.25, -0.2) is 8.78 Å². The van der Waals surface area contributed by atoms with Crippen LogP contribution < -0.4 is 10.6 Å². The first kappa shape index (κ1) is 22.1. The average Bonchev–Trinajstić information content (AvgIpc) is 2.60. The quantitative estimate of drug-likeness (QED) is 0.646. The van der Waals surface area contributed by atoms with Crippen LogP contribution in [-0.4, -0.2) is 36.3 Å². The number of nitrogens with one attached hydrogen (secondary N) is 2. The second kappa shape index (κ2) is 10.4. The molecular formula is C19H19Cl2F2N3O2. The SMILES string of the molecule is CCCN(CC(=O)Nc1ccc(F)c(F)c1)CC(=O)Nc1ccc(Cl)cc1Cl. The van der Waals surface area contributed by atoms with Gasteiger partial charge in [0.05, 0.1) is 23.8 Å². The zero-order chi connectivity index (χ0) is 20.7. The zero-order valence-electron chi connectivity index (χ0n) is 15.1. The minimum Gasteiger partial charge on any atom is -0.325 e. The summed E-state index contributed by atoms with van der Waals surface area (Å²) in [5.74, 6) is -2.85. The normalized spacial score (nSPS) is 10.8. The summed E-state index contributed by atoms with van der Waals surface area (Å²) in [4.78, 5) is 26.1. The van der Waals surface area contributed by atoms with Crippen molar-refractivity contribution in [2.45, 2.75) is 13.3 Å². The van der Waals surface area contributed by atoms with Crippen molar-refractivity contribution in [3.8, 4) is 0 Å². The molecule has 2 aromatic rings. The molecule has 0 saturated carbocycles. The lowest BCUT2D eigenvalue weighted by molar-refractivity contribution is -0.120. The maximum atomic E-state index is 13.2. The molecule has 2 amide bonds. The zero-order valence-corrected chi connectivity index (χ0v) is 16.6. The molecule has 0 unspecified atom stereocenters. The first-order valence-corrected chi connectivity index (χ1v) is 9.26. The van der Waals surface area contributed by atoms with E-state index in [1.807, 2.05) is 6.92 Å². The van der Waals surface area contributed by atoms with Crippen LogP contribution in [0.3, 0.4) is 0 Å². The van der Waals surface area contributed by atoms with E-state index in [9.17, 15) is 18.4 Å². The van der Waals surface area contributed by atoms with Crippen LogP contribution in [0.2, 0.25) is 10.0 Å². The van der Waals surface area contributed by atoms with Crippen molar-refractivity contribution in [3.63, 3.8) is 0 Å². The number of nitrogens with zero attached hydrogens (tertiary/aromatic N) is 1. The molecule has 0 bridgehead atoms. The van der Waals surface area contributed by atoms with Crippen molar-refractivity contribution in [1.82, 2.24) is 4.90 Å². The second-order valence-electron chi connectivity index (χ2n) is 6.06. The Labute approximate surface area is 171 Å². The smallest absolute Gasteiger partial charge is 0.238 e. The molecular weight excluding hydrogens is 411 g/mol. The molecule has 0 radical (unpaired) electrons. The van der Waals surface area contributed by atoms with Gasteiger partial charge in [0.1, 0.15) is 0 Å². The van der Waals surface area contributed by atoms with Gasteiger partial charge in [0.15, 0.2) is 11.6 Å². The number of rotatable bonds is 8. The van der Waals surface area contributed by atoms with E-state index in [1.165, 1.54) is 12.1 Å². The molecule has 0 heterocycles. The maximum Gasteiger partial charge on any atom is 0.238 e. The molecule has 0 aliphatic heterocycles.